The molecule has 4 nitrogen and oxygen atoms in total. The second-order valence-corrected chi connectivity index (χ2v) is 7.96. The zero-order chi connectivity index (χ0) is 19.8. The van der Waals surface area contributed by atoms with Gasteiger partial charge in [-0.2, -0.15) is 0 Å². The molecular formula is C21H28O4SiTi. The molecule has 0 aliphatic carbocycles. The van der Waals surface area contributed by atoms with Crippen LogP contribution in [0.1, 0.15) is 0 Å². The average Bonchev–Trinajstić information content (AvgIpc) is 2.79. The Balaban J connectivity index is 0. The minimum atomic E-state index is -2.88. The molecule has 0 spiro atoms. The summed E-state index contributed by atoms with van der Waals surface area (Å²) in [5.41, 5.74) is 0. The first-order valence-corrected chi connectivity index (χ1v) is 9.99. The first-order chi connectivity index (χ1) is 12.8. The van der Waals surface area contributed by atoms with Crippen molar-refractivity contribution in [3.63, 3.8) is 0 Å². The third-order valence-electron chi connectivity index (χ3n) is 3.57. The molecule has 0 aliphatic rings. The van der Waals surface area contributed by atoms with E-state index < -0.39 is 8.32 Å². The Kier molecular flexibility index (Phi) is 17.0. The summed E-state index contributed by atoms with van der Waals surface area (Å²) in [6, 6.07) is 30.0. The van der Waals surface area contributed by atoms with Gasteiger partial charge < -0.3 is 20.1 Å². The number of benzene rings is 3. The molecule has 0 aliphatic heterocycles. The first-order valence-electron chi connectivity index (χ1n) is 8.05. The molecule has 144 valence electrons. The van der Waals surface area contributed by atoms with Crippen LogP contribution < -0.4 is 15.6 Å². The zero-order valence-electron chi connectivity index (χ0n) is 15.9. The second kappa shape index (κ2) is 16.6. The third kappa shape index (κ3) is 7.52. The number of rotatable bonds is 3. The van der Waals surface area contributed by atoms with Gasteiger partial charge in [0.2, 0.25) is 0 Å². The van der Waals surface area contributed by atoms with Gasteiger partial charge in [-0.25, -0.2) is 0 Å². The summed E-state index contributed by atoms with van der Waals surface area (Å²) in [6.07, 6.45) is 0. The topological polar surface area (TPSA) is 80.9 Å². The van der Waals surface area contributed by atoms with Crippen molar-refractivity contribution >= 4 is 23.9 Å². The van der Waals surface area contributed by atoms with Crippen molar-refractivity contribution in [2.24, 2.45) is 0 Å². The van der Waals surface area contributed by atoms with Crippen molar-refractivity contribution in [1.82, 2.24) is 0 Å². The number of hydrogen-bond acceptors (Lipinski definition) is 4. The molecule has 0 saturated heterocycles. The van der Waals surface area contributed by atoms with Gasteiger partial charge in [-0.05, 0) is 15.6 Å². The van der Waals surface area contributed by atoms with Crippen molar-refractivity contribution in [3.8, 4) is 0 Å². The Bertz CT molecular complexity index is 586. The molecule has 0 radical (unpaired) electrons. The maximum absolute atomic E-state index is 11.6. The zero-order valence-corrected chi connectivity index (χ0v) is 18.5. The molecular weight excluding hydrogens is 392 g/mol. The van der Waals surface area contributed by atoms with Gasteiger partial charge in [0.15, 0.2) is 0 Å². The SMILES string of the molecule is CO.CO.CO.O[Si](c1ccccc1)(c1ccccc1)c1ccccc1.[Ti]. The fourth-order valence-corrected chi connectivity index (χ4v) is 5.56. The maximum atomic E-state index is 11.6. The molecule has 6 heteroatoms. The largest absolute Gasteiger partial charge is 0.421 e. The molecule has 0 aromatic heterocycles. The standard InChI is InChI=1S/C18H16OSi.3CH4O.Ti/c19-20(16-10-4-1-5-11-16,17-12-6-2-7-13-17)18-14-8-3-9-15-18;3*1-2;/h1-15,19H;3*2H,1H3;. The van der Waals surface area contributed by atoms with Crippen LogP contribution in [0.25, 0.3) is 0 Å². The molecule has 0 heterocycles. The summed E-state index contributed by atoms with van der Waals surface area (Å²) in [6.45, 7) is 0. The summed E-state index contributed by atoms with van der Waals surface area (Å²) in [5.74, 6) is 0. The quantitative estimate of drug-likeness (QED) is 0.367. The smallest absolute Gasteiger partial charge is 0.285 e. The molecule has 0 saturated carbocycles. The third-order valence-corrected chi connectivity index (χ3v) is 7.08. The van der Waals surface area contributed by atoms with Gasteiger partial charge >= 0.3 is 0 Å². The molecule has 0 atom stereocenters. The summed E-state index contributed by atoms with van der Waals surface area (Å²) in [5, 5.41) is 24.0. The van der Waals surface area contributed by atoms with Crippen LogP contribution in [0.2, 0.25) is 0 Å². The molecule has 27 heavy (non-hydrogen) atoms. The second-order valence-electron chi connectivity index (χ2n) is 4.81. The molecule has 3 rings (SSSR count). The maximum Gasteiger partial charge on any atom is 0.285 e. The van der Waals surface area contributed by atoms with Crippen molar-refractivity contribution in [2.45, 2.75) is 0 Å². The molecule has 4 N–H and O–H groups in total. The van der Waals surface area contributed by atoms with Gasteiger partial charge in [0.25, 0.3) is 8.32 Å². The Labute approximate surface area is 177 Å². The van der Waals surface area contributed by atoms with Gasteiger partial charge in [0.05, 0.1) is 0 Å². The van der Waals surface area contributed by atoms with E-state index in [1.807, 2.05) is 91.0 Å². The van der Waals surface area contributed by atoms with E-state index in [0.717, 1.165) is 36.9 Å². The Morgan fingerprint density at radius 2 is 0.630 bits per heavy atom. The van der Waals surface area contributed by atoms with Gasteiger partial charge in [-0.3, -0.25) is 0 Å². The van der Waals surface area contributed by atoms with E-state index in [1.165, 1.54) is 0 Å². The van der Waals surface area contributed by atoms with E-state index in [-0.39, 0.29) is 21.7 Å². The molecule has 3 aromatic carbocycles. The van der Waals surface area contributed by atoms with Crippen molar-refractivity contribution in [1.29, 1.82) is 0 Å². The fraction of sp³-hybridized carbons (Fsp3) is 0.143. The van der Waals surface area contributed by atoms with Crippen LogP contribution in [0, 0.1) is 0 Å². The Morgan fingerprint density at radius 3 is 0.815 bits per heavy atom. The fourth-order valence-electron chi connectivity index (χ4n) is 2.54. The summed E-state index contributed by atoms with van der Waals surface area (Å²) in [7, 11) is 0.122. The normalized spacial score (nSPS) is 9.00. The van der Waals surface area contributed by atoms with Crippen LogP contribution >= 0.6 is 0 Å². The van der Waals surface area contributed by atoms with E-state index in [9.17, 15) is 4.80 Å². The Morgan fingerprint density at radius 1 is 0.444 bits per heavy atom. The van der Waals surface area contributed by atoms with Crippen LogP contribution in [0.15, 0.2) is 91.0 Å². The minimum absolute atomic E-state index is 0. The van der Waals surface area contributed by atoms with Crippen molar-refractivity contribution < 1.29 is 41.8 Å². The van der Waals surface area contributed by atoms with Gasteiger partial charge in [-0.15, -0.1) is 0 Å². The molecule has 0 fully saturated rings. The number of hydrogen-bond donors (Lipinski definition) is 4. The molecule has 0 bridgehead atoms. The Hall–Kier alpha value is -1.57. The predicted octanol–water partition coefficient (Wildman–Crippen LogP) is 0.469. The molecule has 3 aromatic rings. The first kappa shape index (κ1) is 27.6. The van der Waals surface area contributed by atoms with Crippen LogP contribution in [0.4, 0.5) is 0 Å². The van der Waals surface area contributed by atoms with Crippen LogP contribution in [-0.2, 0) is 21.7 Å². The monoisotopic (exact) mass is 420 g/mol. The van der Waals surface area contributed by atoms with Gasteiger partial charge in [-0.1, -0.05) is 91.0 Å². The minimum Gasteiger partial charge on any atom is -0.421 e. The summed E-state index contributed by atoms with van der Waals surface area (Å²) >= 11 is 0. The van der Waals surface area contributed by atoms with E-state index in [0.29, 0.717) is 0 Å². The van der Waals surface area contributed by atoms with E-state index in [2.05, 4.69) is 0 Å². The van der Waals surface area contributed by atoms with Crippen LogP contribution in [-0.4, -0.2) is 49.8 Å². The van der Waals surface area contributed by atoms with Crippen LogP contribution in [0.3, 0.4) is 0 Å². The van der Waals surface area contributed by atoms with Gasteiger partial charge in [0.1, 0.15) is 0 Å². The van der Waals surface area contributed by atoms with Crippen molar-refractivity contribution in [3.05, 3.63) is 91.0 Å². The molecule has 0 unspecified atom stereocenters. The van der Waals surface area contributed by atoms with Gasteiger partial charge in [0, 0.05) is 43.0 Å². The number of aliphatic hydroxyl groups is 3. The summed E-state index contributed by atoms with van der Waals surface area (Å²) in [4.78, 5) is 11.6. The van der Waals surface area contributed by atoms with E-state index in [4.69, 9.17) is 15.3 Å². The predicted molar refractivity (Wildman–Crippen MR) is 111 cm³/mol. The summed E-state index contributed by atoms with van der Waals surface area (Å²) < 4.78 is 0. The number of aliphatic hydroxyl groups excluding tert-OH is 3. The van der Waals surface area contributed by atoms with Crippen LogP contribution in [0.5, 0.6) is 0 Å². The van der Waals surface area contributed by atoms with E-state index >= 15 is 0 Å². The molecule has 0 amide bonds. The van der Waals surface area contributed by atoms with E-state index in [1.54, 1.807) is 0 Å². The average molecular weight is 420 g/mol. The van der Waals surface area contributed by atoms with Crippen molar-refractivity contribution in [2.75, 3.05) is 21.3 Å².